The molecule has 1 saturated heterocycles. The van der Waals surface area contributed by atoms with E-state index in [1.807, 2.05) is 0 Å². The molecule has 2 rings (SSSR count). The number of nitrogens with one attached hydrogen (secondary N) is 1. The predicted octanol–water partition coefficient (Wildman–Crippen LogP) is 9.84. The van der Waals surface area contributed by atoms with E-state index in [4.69, 9.17) is 4.74 Å². The number of piperidine rings is 1. The largest absolute Gasteiger partial charge is 0.378 e. The van der Waals surface area contributed by atoms with Gasteiger partial charge >= 0.3 is 0 Å². The number of unbranched alkanes of at least 4 members (excludes halogenated alkanes) is 9. The first-order valence-electron chi connectivity index (χ1n) is 16.4. The smallest absolute Gasteiger partial charge is 0.0575 e. The van der Waals surface area contributed by atoms with Crippen molar-refractivity contribution in [2.24, 2.45) is 10.8 Å². The number of rotatable bonds is 20. The molecule has 1 N–H and O–H groups in total. The Morgan fingerprint density at radius 2 is 1.22 bits per heavy atom. The van der Waals surface area contributed by atoms with Crippen molar-refractivity contribution < 1.29 is 4.74 Å². The molecule has 0 aromatic heterocycles. The lowest BCUT2D eigenvalue weighted by atomic mass is 9.76. The first kappa shape index (κ1) is 32.1. The molecular weight excluding hydrogens is 440 g/mol. The summed E-state index contributed by atoms with van der Waals surface area (Å²) in [5.74, 6) is 0. The highest BCUT2D eigenvalue weighted by atomic mass is 16.5. The molecule has 1 heterocycles. The molecule has 3 nitrogen and oxygen atoms in total. The highest BCUT2D eigenvalue weighted by Crippen LogP contribution is 2.35. The van der Waals surface area contributed by atoms with Gasteiger partial charge in [-0.2, -0.15) is 0 Å². The van der Waals surface area contributed by atoms with Crippen molar-refractivity contribution in [2.45, 2.75) is 182 Å². The zero-order chi connectivity index (χ0) is 26.1. The molecule has 1 aliphatic heterocycles. The van der Waals surface area contributed by atoms with Gasteiger partial charge in [0.15, 0.2) is 0 Å². The molecule has 0 radical (unpaired) electrons. The minimum Gasteiger partial charge on any atom is -0.378 e. The summed E-state index contributed by atoms with van der Waals surface area (Å²) in [6.45, 7) is 15.6. The van der Waals surface area contributed by atoms with Gasteiger partial charge in [-0.25, -0.2) is 5.01 Å². The van der Waals surface area contributed by atoms with Crippen molar-refractivity contribution in [3.8, 4) is 0 Å². The SMILES string of the molecule is CCCCCCCCCCCCC(C)(C)CC(CC(C)(C)COC1CCCCC1)NN1CCCCC1. The summed E-state index contributed by atoms with van der Waals surface area (Å²) in [4.78, 5) is 0. The molecule has 1 unspecified atom stereocenters. The maximum atomic E-state index is 6.47. The van der Waals surface area contributed by atoms with E-state index in [-0.39, 0.29) is 5.41 Å². The van der Waals surface area contributed by atoms with Gasteiger partial charge in [-0.3, -0.25) is 5.43 Å². The van der Waals surface area contributed by atoms with Crippen LogP contribution in [-0.4, -0.2) is 36.9 Å². The van der Waals surface area contributed by atoms with Crippen LogP contribution in [-0.2, 0) is 4.74 Å². The van der Waals surface area contributed by atoms with Crippen molar-refractivity contribution in [1.29, 1.82) is 0 Å². The van der Waals surface area contributed by atoms with Crippen LogP contribution in [0.25, 0.3) is 0 Å². The molecule has 3 heteroatoms. The van der Waals surface area contributed by atoms with Crippen LogP contribution >= 0.6 is 0 Å². The number of ether oxygens (including phenoxy) is 1. The van der Waals surface area contributed by atoms with E-state index in [2.05, 4.69) is 45.1 Å². The van der Waals surface area contributed by atoms with Gasteiger partial charge in [0.05, 0.1) is 12.7 Å². The zero-order valence-electron chi connectivity index (χ0n) is 25.5. The first-order valence-corrected chi connectivity index (χ1v) is 16.4. The lowest BCUT2D eigenvalue weighted by molar-refractivity contribution is -0.0254. The topological polar surface area (TPSA) is 24.5 Å². The van der Waals surface area contributed by atoms with Gasteiger partial charge in [-0.15, -0.1) is 0 Å². The third kappa shape index (κ3) is 15.3. The fourth-order valence-corrected chi connectivity index (χ4v) is 6.61. The van der Waals surface area contributed by atoms with Crippen LogP contribution in [0.5, 0.6) is 0 Å². The van der Waals surface area contributed by atoms with Crippen LogP contribution in [0.2, 0.25) is 0 Å². The second-order valence-electron chi connectivity index (χ2n) is 14.1. The Hall–Kier alpha value is -0.120. The molecule has 0 aromatic rings. The molecule has 1 aliphatic carbocycles. The highest BCUT2D eigenvalue weighted by Gasteiger charge is 2.31. The van der Waals surface area contributed by atoms with Crippen LogP contribution in [0.1, 0.15) is 169 Å². The van der Waals surface area contributed by atoms with Gasteiger partial charge in [-0.1, -0.05) is 125 Å². The fourth-order valence-electron chi connectivity index (χ4n) is 6.61. The summed E-state index contributed by atoms with van der Waals surface area (Å²) in [5, 5.41) is 2.54. The average molecular weight is 507 g/mol. The molecule has 36 heavy (non-hydrogen) atoms. The molecular formula is C33H66N2O. The van der Waals surface area contributed by atoms with Gasteiger partial charge in [0.1, 0.15) is 0 Å². The maximum absolute atomic E-state index is 6.47. The Morgan fingerprint density at radius 1 is 0.694 bits per heavy atom. The third-order valence-electron chi connectivity index (χ3n) is 8.79. The van der Waals surface area contributed by atoms with Gasteiger partial charge in [0, 0.05) is 19.1 Å². The van der Waals surface area contributed by atoms with Gasteiger partial charge in [0.25, 0.3) is 0 Å². The molecule has 0 amide bonds. The van der Waals surface area contributed by atoms with Crippen LogP contribution in [0, 0.1) is 10.8 Å². The lowest BCUT2D eigenvalue weighted by Crippen LogP contribution is -2.50. The monoisotopic (exact) mass is 507 g/mol. The van der Waals surface area contributed by atoms with E-state index in [0.29, 0.717) is 17.6 Å². The standard InChI is InChI=1S/C33H66N2O/c1-6-7-8-9-10-11-12-13-14-19-24-32(2,3)27-30(34-35-25-20-16-21-26-35)28-33(4,5)29-36-31-22-17-15-18-23-31/h30-31,34H,6-29H2,1-5H3. The molecule has 0 spiro atoms. The molecule has 2 aliphatic rings. The van der Waals surface area contributed by atoms with E-state index < -0.39 is 0 Å². The van der Waals surface area contributed by atoms with E-state index in [9.17, 15) is 0 Å². The number of hydrazine groups is 1. The molecule has 214 valence electrons. The molecule has 0 aromatic carbocycles. The Bertz CT molecular complexity index is 520. The average Bonchev–Trinajstić information content (AvgIpc) is 2.85. The minimum absolute atomic E-state index is 0.220. The quantitative estimate of drug-likeness (QED) is 0.166. The van der Waals surface area contributed by atoms with E-state index in [0.717, 1.165) is 6.61 Å². The number of nitrogens with zero attached hydrogens (tertiary/aromatic N) is 1. The Kier molecular flexibility index (Phi) is 16.2. The van der Waals surface area contributed by atoms with Crippen LogP contribution < -0.4 is 5.43 Å². The Morgan fingerprint density at radius 3 is 1.83 bits per heavy atom. The number of hydrogen-bond acceptors (Lipinski definition) is 3. The molecule has 2 fully saturated rings. The fraction of sp³-hybridized carbons (Fsp3) is 1.00. The van der Waals surface area contributed by atoms with Crippen LogP contribution in [0.15, 0.2) is 0 Å². The minimum atomic E-state index is 0.220. The van der Waals surface area contributed by atoms with Crippen molar-refractivity contribution in [1.82, 2.24) is 10.4 Å². The summed E-state index contributed by atoms with van der Waals surface area (Å²) in [7, 11) is 0. The summed E-state index contributed by atoms with van der Waals surface area (Å²) >= 11 is 0. The maximum Gasteiger partial charge on any atom is 0.0575 e. The van der Waals surface area contributed by atoms with Gasteiger partial charge < -0.3 is 4.74 Å². The zero-order valence-corrected chi connectivity index (χ0v) is 25.5. The predicted molar refractivity (Wildman–Crippen MR) is 158 cm³/mol. The molecule has 1 atom stereocenters. The highest BCUT2D eigenvalue weighted by molar-refractivity contribution is 4.84. The van der Waals surface area contributed by atoms with E-state index in [1.165, 1.54) is 148 Å². The van der Waals surface area contributed by atoms with Crippen molar-refractivity contribution >= 4 is 0 Å². The third-order valence-corrected chi connectivity index (χ3v) is 8.79. The van der Waals surface area contributed by atoms with Gasteiger partial charge in [-0.05, 0) is 55.8 Å². The lowest BCUT2D eigenvalue weighted by Gasteiger charge is -2.39. The van der Waals surface area contributed by atoms with Crippen LogP contribution in [0.3, 0.4) is 0 Å². The Labute approximate surface area is 227 Å². The summed E-state index contributed by atoms with van der Waals surface area (Å²) in [6.07, 6.45) is 29.4. The van der Waals surface area contributed by atoms with E-state index in [1.54, 1.807) is 0 Å². The molecule has 0 bridgehead atoms. The van der Waals surface area contributed by atoms with Gasteiger partial charge in [0.2, 0.25) is 0 Å². The Balaban J connectivity index is 1.75. The normalized spacial score (nSPS) is 19.6. The van der Waals surface area contributed by atoms with E-state index >= 15 is 0 Å². The van der Waals surface area contributed by atoms with Crippen LogP contribution in [0.4, 0.5) is 0 Å². The summed E-state index contributed by atoms with van der Waals surface area (Å²) in [5.41, 5.74) is 4.64. The van der Waals surface area contributed by atoms with Crippen molar-refractivity contribution in [2.75, 3.05) is 19.7 Å². The van der Waals surface area contributed by atoms with Crippen molar-refractivity contribution in [3.05, 3.63) is 0 Å². The second-order valence-corrected chi connectivity index (χ2v) is 14.1. The van der Waals surface area contributed by atoms with Crippen molar-refractivity contribution in [3.63, 3.8) is 0 Å². The summed E-state index contributed by atoms with van der Waals surface area (Å²) in [6, 6.07) is 0.547. The molecule has 1 saturated carbocycles. The second kappa shape index (κ2) is 18.2. The first-order chi connectivity index (χ1) is 17.3. The number of hydrogen-bond donors (Lipinski definition) is 1. The summed E-state index contributed by atoms with van der Waals surface area (Å²) < 4.78 is 6.47.